The molecule has 0 amide bonds. The minimum Gasteiger partial charge on any atom is -0.462 e. The van der Waals surface area contributed by atoms with Crippen LogP contribution in [0.25, 0.3) is 0 Å². The third kappa shape index (κ3) is 60.6. The lowest BCUT2D eigenvalue weighted by molar-refractivity contribution is -0.166. The van der Waals surface area contributed by atoms with E-state index >= 15 is 0 Å². The maximum absolute atomic E-state index is 12.8. The van der Waals surface area contributed by atoms with E-state index in [2.05, 4.69) is 130 Å². The molecule has 0 saturated carbocycles. The van der Waals surface area contributed by atoms with Crippen molar-refractivity contribution >= 4 is 17.9 Å². The van der Waals surface area contributed by atoms with Gasteiger partial charge in [-0.3, -0.25) is 14.4 Å². The number of unbranched alkanes of at least 4 members (excludes halogenated alkanes) is 25. The zero-order valence-electron chi connectivity index (χ0n) is 48.8. The van der Waals surface area contributed by atoms with Gasteiger partial charge in [-0.1, -0.05) is 290 Å². The van der Waals surface area contributed by atoms with Gasteiger partial charge in [0.25, 0.3) is 0 Å². The highest BCUT2D eigenvalue weighted by Crippen LogP contribution is 2.16. The Labute approximate surface area is 462 Å². The summed E-state index contributed by atoms with van der Waals surface area (Å²) in [6.07, 6.45) is 86.6. The first-order chi connectivity index (χ1) is 37.0. The van der Waals surface area contributed by atoms with Crippen molar-refractivity contribution in [3.05, 3.63) is 122 Å². The lowest BCUT2D eigenvalue weighted by Gasteiger charge is -2.18. The molecule has 0 aromatic heterocycles. The average molecular weight is 1040 g/mol. The van der Waals surface area contributed by atoms with Crippen molar-refractivity contribution in [2.24, 2.45) is 0 Å². The van der Waals surface area contributed by atoms with Gasteiger partial charge in [-0.2, -0.15) is 0 Å². The molecule has 0 aliphatic carbocycles. The third-order valence-corrected chi connectivity index (χ3v) is 13.0. The van der Waals surface area contributed by atoms with E-state index < -0.39 is 12.1 Å². The predicted molar refractivity (Wildman–Crippen MR) is 325 cm³/mol. The topological polar surface area (TPSA) is 78.9 Å². The van der Waals surface area contributed by atoms with Crippen LogP contribution < -0.4 is 0 Å². The van der Waals surface area contributed by atoms with Crippen LogP contribution in [0.4, 0.5) is 0 Å². The van der Waals surface area contributed by atoms with Gasteiger partial charge in [0.05, 0.1) is 6.42 Å². The van der Waals surface area contributed by atoms with Crippen LogP contribution in [0.5, 0.6) is 0 Å². The highest BCUT2D eigenvalue weighted by molar-refractivity contribution is 5.72. The van der Waals surface area contributed by atoms with Crippen molar-refractivity contribution in [2.45, 2.75) is 284 Å². The van der Waals surface area contributed by atoms with Gasteiger partial charge in [0.15, 0.2) is 6.10 Å². The molecular weight excluding hydrogens is 925 g/mol. The molecular formula is C69H114O6. The van der Waals surface area contributed by atoms with E-state index in [-0.39, 0.29) is 31.6 Å². The number of esters is 3. The fraction of sp³-hybridized carbons (Fsp3) is 0.667. The summed E-state index contributed by atoms with van der Waals surface area (Å²) in [7, 11) is 0. The highest BCUT2D eigenvalue weighted by atomic mass is 16.6. The summed E-state index contributed by atoms with van der Waals surface area (Å²) in [5.74, 6) is -1.05. The Kier molecular flexibility index (Phi) is 58.9. The van der Waals surface area contributed by atoms with E-state index in [0.717, 1.165) is 103 Å². The average Bonchev–Trinajstić information content (AvgIpc) is 3.41. The van der Waals surface area contributed by atoms with E-state index in [1.807, 2.05) is 6.08 Å². The summed E-state index contributed by atoms with van der Waals surface area (Å²) in [5, 5.41) is 0. The zero-order valence-corrected chi connectivity index (χ0v) is 48.8. The van der Waals surface area contributed by atoms with E-state index in [0.29, 0.717) is 12.8 Å². The number of allylic oxidation sites excluding steroid dienone is 19. The second-order valence-electron chi connectivity index (χ2n) is 20.2. The van der Waals surface area contributed by atoms with Gasteiger partial charge >= 0.3 is 17.9 Å². The van der Waals surface area contributed by atoms with Gasteiger partial charge in [-0.15, -0.1) is 0 Å². The Hall–Kier alpha value is -4.19. The molecule has 6 heteroatoms. The normalized spacial score (nSPS) is 12.9. The maximum atomic E-state index is 12.8. The summed E-state index contributed by atoms with van der Waals surface area (Å²) >= 11 is 0. The minimum atomic E-state index is -0.835. The van der Waals surface area contributed by atoms with Crippen LogP contribution >= 0.6 is 0 Å². The Morgan fingerprint density at radius 3 is 0.880 bits per heavy atom. The van der Waals surface area contributed by atoms with Gasteiger partial charge < -0.3 is 14.2 Å². The Balaban J connectivity index is 4.37. The molecule has 0 N–H and O–H groups in total. The molecule has 0 radical (unpaired) electrons. The molecule has 0 heterocycles. The Morgan fingerprint density at radius 1 is 0.293 bits per heavy atom. The quantitative estimate of drug-likeness (QED) is 0.0261. The number of carbonyl (C=O) groups is 3. The van der Waals surface area contributed by atoms with Crippen molar-refractivity contribution in [3.63, 3.8) is 0 Å². The fourth-order valence-corrected chi connectivity index (χ4v) is 8.43. The molecule has 0 fully saturated rings. The molecule has 1 unspecified atom stereocenters. The fourth-order valence-electron chi connectivity index (χ4n) is 8.43. The predicted octanol–water partition coefficient (Wildman–Crippen LogP) is 21.2. The van der Waals surface area contributed by atoms with Crippen LogP contribution in [0.15, 0.2) is 122 Å². The van der Waals surface area contributed by atoms with Crippen molar-refractivity contribution < 1.29 is 28.6 Å². The first kappa shape index (κ1) is 70.8. The molecule has 0 spiro atoms. The smallest absolute Gasteiger partial charge is 0.310 e. The lowest BCUT2D eigenvalue weighted by atomic mass is 10.0. The summed E-state index contributed by atoms with van der Waals surface area (Å²) < 4.78 is 16.8. The van der Waals surface area contributed by atoms with Crippen LogP contribution in [-0.2, 0) is 28.6 Å². The van der Waals surface area contributed by atoms with E-state index in [1.165, 1.54) is 135 Å². The molecule has 0 aliphatic rings. The van der Waals surface area contributed by atoms with Gasteiger partial charge in [-0.05, 0) is 89.9 Å². The second-order valence-corrected chi connectivity index (χ2v) is 20.2. The summed E-state index contributed by atoms with van der Waals surface area (Å²) in [5.41, 5.74) is 0. The molecule has 0 saturated heterocycles. The maximum Gasteiger partial charge on any atom is 0.310 e. The monoisotopic (exact) mass is 1040 g/mol. The SMILES string of the molecule is CC/C=C\C/C=C\C/C=C\C/C=C\C/C=C\CCCCCCCCCCCCCC(=O)OCC(COC(=O)CCCCCCCCCCCCCCCCC)OC(=O)C/C=C\C/C=C\C/C=C\C/C=C\C/C=C\CC. The zero-order chi connectivity index (χ0) is 54.3. The number of hydrogen-bond donors (Lipinski definition) is 0. The first-order valence-electron chi connectivity index (χ1n) is 31.0. The van der Waals surface area contributed by atoms with E-state index in [4.69, 9.17) is 14.2 Å². The molecule has 0 rings (SSSR count). The van der Waals surface area contributed by atoms with Crippen LogP contribution in [0, 0.1) is 0 Å². The van der Waals surface area contributed by atoms with E-state index in [9.17, 15) is 14.4 Å². The van der Waals surface area contributed by atoms with Crippen LogP contribution in [0.2, 0.25) is 0 Å². The summed E-state index contributed by atoms with van der Waals surface area (Å²) in [4.78, 5) is 38.2. The lowest BCUT2D eigenvalue weighted by Crippen LogP contribution is -2.30. The molecule has 0 aliphatic heterocycles. The van der Waals surface area contributed by atoms with Crippen LogP contribution in [-0.4, -0.2) is 37.2 Å². The van der Waals surface area contributed by atoms with Gasteiger partial charge in [0.2, 0.25) is 0 Å². The Bertz CT molecular complexity index is 1570. The van der Waals surface area contributed by atoms with Crippen molar-refractivity contribution in [2.75, 3.05) is 13.2 Å². The highest BCUT2D eigenvalue weighted by Gasteiger charge is 2.19. The van der Waals surface area contributed by atoms with Crippen LogP contribution in [0.1, 0.15) is 278 Å². The molecule has 426 valence electrons. The van der Waals surface area contributed by atoms with Crippen molar-refractivity contribution in [1.82, 2.24) is 0 Å². The number of hydrogen-bond acceptors (Lipinski definition) is 6. The molecule has 6 nitrogen and oxygen atoms in total. The number of carbonyl (C=O) groups excluding carboxylic acids is 3. The molecule has 0 aromatic rings. The molecule has 0 aromatic carbocycles. The summed E-state index contributed by atoms with van der Waals surface area (Å²) in [6.45, 7) is 6.34. The van der Waals surface area contributed by atoms with Crippen molar-refractivity contribution in [3.8, 4) is 0 Å². The van der Waals surface area contributed by atoms with E-state index in [1.54, 1.807) is 6.08 Å². The Morgan fingerprint density at radius 2 is 0.560 bits per heavy atom. The molecule has 0 bridgehead atoms. The molecule has 1 atom stereocenters. The largest absolute Gasteiger partial charge is 0.462 e. The first-order valence-corrected chi connectivity index (χ1v) is 31.0. The number of ether oxygens (including phenoxy) is 3. The standard InChI is InChI=1S/C69H114O6/c1-4-7-10-13-16-19-22-25-28-29-30-31-32-33-34-35-36-37-38-39-42-44-47-50-53-56-59-62-68(71)74-65-66(75-69(72)63-60-57-54-51-48-45-41-27-24-21-18-15-12-9-6-3)64-73-67(70)61-58-55-52-49-46-43-40-26-23-20-17-14-11-8-5-2/h7,9-10,12,16,18-19,21,25,27-28,30-31,33-34,41,48,51,57,60,66H,4-6,8,11,13-15,17,20,22-24,26,29,32,35-40,42-47,49-50,52-56,58-59,61-65H2,1-3H3/b10-7-,12-9-,19-16-,21-18-,28-25-,31-30-,34-33-,41-27-,51-48-,60-57-. The molecule has 75 heavy (non-hydrogen) atoms. The summed E-state index contributed by atoms with van der Waals surface area (Å²) in [6, 6.07) is 0. The van der Waals surface area contributed by atoms with Gasteiger partial charge in [0, 0.05) is 12.8 Å². The number of rotatable bonds is 55. The van der Waals surface area contributed by atoms with Gasteiger partial charge in [0.1, 0.15) is 13.2 Å². The second kappa shape index (κ2) is 62.4. The minimum absolute atomic E-state index is 0.0947. The van der Waals surface area contributed by atoms with Gasteiger partial charge in [-0.25, -0.2) is 0 Å². The van der Waals surface area contributed by atoms with Crippen LogP contribution in [0.3, 0.4) is 0 Å². The third-order valence-electron chi connectivity index (χ3n) is 13.0. The van der Waals surface area contributed by atoms with Crippen molar-refractivity contribution in [1.29, 1.82) is 0 Å².